The molecule has 3 heterocycles. The standard InChI is InChI=1S/C19H32N6O.HI/c1-3-21-19(22-8-5-11-23-10-4-6-18(23)26)24-12-7-16(2)17(14-24)25-13-9-20-15-25;/h9,13,15-17H,3-8,10-12,14H2,1-2H3,(H,21,22);1H. The van der Waals surface area contributed by atoms with Crippen LogP contribution in [0, 0.1) is 5.92 Å². The highest BCUT2D eigenvalue weighted by Crippen LogP contribution is 2.27. The first-order chi connectivity index (χ1) is 12.7. The van der Waals surface area contributed by atoms with Gasteiger partial charge in [-0.05, 0) is 32.1 Å². The van der Waals surface area contributed by atoms with Gasteiger partial charge in [0.05, 0.1) is 12.4 Å². The Bertz CT molecular complexity index is 605. The number of imidazole rings is 1. The summed E-state index contributed by atoms with van der Waals surface area (Å²) in [6.45, 7) is 9.78. The van der Waals surface area contributed by atoms with Crippen LogP contribution in [0.4, 0.5) is 0 Å². The molecule has 1 amide bonds. The number of likely N-dealkylation sites (tertiary alicyclic amines) is 2. The fourth-order valence-electron chi connectivity index (χ4n) is 3.91. The summed E-state index contributed by atoms with van der Waals surface area (Å²) in [6.07, 6.45) is 9.62. The number of hydrogen-bond acceptors (Lipinski definition) is 3. The van der Waals surface area contributed by atoms with E-state index in [2.05, 4.69) is 39.8 Å². The lowest BCUT2D eigenvalue weighted by atomic mass is 9.93. The van der Waals surface area contributed by atoms with Crippen LogP contribution < -0.4 is 5.32 Å². The van der Waals surface area contributed by atoms with E-state index < -0.39 is 0 Å². The third kappa shape index (κ3) is 5.83. The minimum Gasteiger partial charge on any atom is -0.357 e. The number of carbonyl (C=O) groups excluding carboxylic acids is 1. The Labute approximate surface area is 179 Å². The maximum absolute atomic E-state index is 11.7. The van der Waals surface area contributed by atoms with Crippen LogP contribution in [-0.4, -0.2) is 70.5 Å². The van der Waals surface area contributed by atoms with Gasteiger partial charge >= 0.3 is 0 Å². The maximum atomic E-state index is 11.7. The summed E-state index contributed by atoms with van der Waals surface area (Å²) in [5, 5.41) is 3.44. The van der Waals surface area contributed by atoms with Crippen molar-refractivity contribution in [3.63, 3.8) is 0 Å². The Balaban J connectivity index is 0.00000261. The first-order valence-corrected chi connectivity index (χ1v) is 9.97. The van der Waals surface area contributed by atoms with Crippen molar-refractivity contribution < 1.29 is 4.79 Å². The molecule has 2 saturated heterocycles. The van der Waals surface area contributed by atoms with Gasteiger partial charge in [0.15, 0.2) is 5.96 Å². The van der Waals surface area contributed by atoms with E-state index in [-0.39, 0.29) is 24.0 Å². The molecule has 2 atom stereocenters. The van der Waals surface area contributed by atoms with Gasteiger partial charge in [-0.3, -0.25) is 9.79 Å². The van der Waals surface area contributed by atoms with Gasteiger partial charge in [-0.1, -0.05) is 6.92 Å². The molecule has 2 aliphatic rings. The van der Waals surface area contributed by atoms with Crippen LogP contribution in [-0.2, 0) is 4.79 Å². The molecule has 0 aliphatic carbocycles. The summed E-state index contributed by atoms with van der Waals surface area (Å²) in [5.41, 5.74) is 0. The Hall–Kier alpha value is -1.32. The van der Waals surface area contributed by atoms with Crippen molar-refractivity contribution in [3.8, 4) is 0 Å². The summed E-state index contributed by atoms with van der Waals surface area (Å²) >= 11 is 0. The molecule has 2 aliphatic heterocycles. The fraction of sp³-hybridized carbons (Fsp3) is 0.737. The normalized spacial score (nSPS) is 23.5. The number of guanidine groups is 1. The Kier molecular flexibility index (Phi) is 8.85. The van der Waals surface area contributed by atoms with E-state index in [9.17, 15) is 4.79 Å². The number of rotatable bonds is 6. The number of carbonyl (C=O) groups is 1. The molecule has 1 aromatic rings. The van der Waals surface area contributed by atoms with Crippen LogP contribution in [0.2, 0.25) is 0 Å². The third-order valence-electron chi connectivity index (χ3n) is 5.48. The summed E-state index contributed by atoms with van der Waals surface area (Å²) < 4.78 is 2.22. The second kappa shape index (κ2) is 10.9. The molecule has 7 nitrogen and oxygen atoms in total. The molecular formula is C19H33IN6O. The van der Waals surface area contributed by atoms with Crippen LogP contribution >= 0.6 is 24.0 Å². The van der Waals surface area contributed by atoms with E-state index in [1.54, 1.807) is 0 Å². The molecule has 0 bridgehead atoms. The summed E-state index contributed by atoms with van der Waals surface area (Å²) in [5.74, 6) is 1.93. The number of nitrogens with zero attached hydrogens (tertiary/aromatic N) is 5. The highest BCUT2D eigenvalue weighted by molar-refractivity contribution is 14.0. The van der Waals surface area contributed by atoms with Crippen molar-refractivity contribution in [2.45, 2.75) is 45.6 Å². The lowest BCUT2D eigenvalue weighted by Gasteiger charge is -2.39. The molecule has 2 fully saturated rings. The molecule has 2 unspecified atom stereocenters. The Morgan fingerprint density at radius 1 is 1.41 bits per heavy atom. The van der Waals surface area contributed by atoms with Crippen LogP contribution in [0.25, 0.3) is 0 Å². The van der Waals surface area contributed by atoms with E-state index in [0.717, 1.165) is 64.5 Å². The van der Waals surface area contributed by atoms with Crippen molar-refractivity contribution in [1.29, 1.82) is 0 Å². The van der Waals surface area contributed by atoms with Gasteiger partial charge in [-0.15, -0.1) is 24.0 Å². The van der Waals surface area contributed by atoms with E-state index in [1.807, 2.05) is 17.4 Å². The summed E-state index contributed by atoms with van der Waals surface area (Å²) in [7, 11) is 0. The van der Waals surface area contributed by atoms with E-state index in [0.29, 0.717) is 24.3 Å². The monoisotopic (exact) mass is 488 g/mol. The summed E-state index contributed by atoms with van der Waals surface area (Å²) in [4.78, 5) is 25.1. The molecular weight excluding hydrogens is 455 g/mol. The largest absolute Gasteiger partial charge is 0.357 e. The number of halogens is 1. The molecule has 1 N–H and O–H groups in total. The molecule has 0 radical (unpaired) electrons. The van der Waals surface area contributed by atoms with Gasteiger partial charge < -0.3 is 19.7 Å². The maximum Gasteiger partial charge on any atom is 0.222 e. The van der Waals surface area contributed by atoms with Gasteiger partial charge in [-0.25, -0.2) is 4.98 Å². The van der Waals surface area contributed by atoms with Crippen molar-refractivity contribution in [2.24, 2.45) is 10.9 Å². The Morgan fingerprint density at radius 2 is 2.26 bits per heavy atom. The minimum absolute atomic E-state index is 0. The highest BCUT2D eigenvalue weighted by Gasteiger charge is 2.28. The van der Waals surface area contributed by atoms with Crippen LogP contribution in [0.3, 0.4) is 0 Å². The smallest absolute Gasteiger partial charge is 0.222 e. The molecule has 0 aromatic carbocycles. The fourth-order valence-corrected chi connectivity index (χ4v) is 3.91. The molecule has 0 saturated carbocycles. The zero-order valence-corrected chi connectivity index (χ0v) is 18.8. The molecule has 8 heteroatoms. The average Bonchev–Trinajstić information content (AvgIpc) is 3.30. The second-order valence-corrected chi connectivity index (χ2v) is 7.36. The van der Waals surface area contributed by atoms with Crippen molar-refractivity contribution in [2.75, 3.05) is 39.3 Å². The van der Waals surface area contributed by atoms with Crippen LogP contribution in [0.1, 0.15) is 45.6 Å². The first-order valence-electron chi connectivity index (χ1n) is 9.97. The van der Waals surface area contributed by atoms with Gasteiger partial charge in [-0.2, -0.15) is 0 Å². The molecule has 152 valence electrons. The topological polar surface area (TPSA) is 65.8 Å². The lowest BCUT2D eigenvalue weighted by molar-refractivity contribution is -0.127. The predicted molar refractivity (Wildman–Crippen MR) is 118 cm³/mol. The zero-order valence-electron chi connectivity index (χ0n) is 16.5. The van der Waals surface area contributed by atoms with Gasteiger partial charge in [0.25, 0.3) is 0 Å². The van der Waals surface area contributed by atoms with Crippen LogP contribution in [0.15, 0.2) is 23.7 Å². The zero-order chi connectivity index (χ0) is 18.4. The number of nitrogens with one attached hydrogen (secondary N) is 1. The molecule has 3 rings (SSSR count). The van der Waals surface area contributed by atoms with E-state index in [4.69, 9.17) is 4.99 Å². The van der Waals surface area contributed by atoms with E-state index in [1.165, 1.54) is 0 Å². The lowest BCUT2D eigenvalue weighted by Crippen LogP contribution is -2.49. The van der Waals surface area contributed by atoms with Gasteiger partial charge in [0.2, 0.25) is 5.91 Å². The van der Waals surface area contributed by atoms with Gasteiger partial charge in [0, 0.05) is 58.1 Å². The first kappa shape index (κ1) is 22.0. The molecule has 1 aromatic heterocycles. The van der Waals surface area contributed by atoms with Crippen molar-refractivity contribution in [1.82, 2.24) is 24.7 Å². The highest BCUT2D eigenvalue weighted by atomic mass is 127. The summed E-state index contributed by atoms with van der Waals surface area (Å²) in [6, 6.07) is 0.428. The molecule has 0 spiro atoms. The quantitative estimate of drug-likeness (QED) is 0.289. The van der Waals surface area contributed by atoms with E-state index >= 15 is 0 Å². The number of aromatic nitrogens is 2. The van der Waals surface area contributed by atoms with Crippen molar-refractivity contribution >= 4 is 35.8 Å². The second-order valence-electron chi connectivity index (χ2n) is 7.36. The predicted octanol–water partition coefficient (Wildman–Crippen LogP) is 2.36. The third-order valence-corrected chi connectivity index (χ3v) is 5.48. The van der Waals surface area contributed by atoms with Gasteiger partial charge in [0.1, 0.15) is 0 Å². The Morgan fingerprint density at radius 3 is 2.93 bits per heavy atom. The van der Waals surface area contributed by atoms with Crippen LogP contribution in [0.5, 0.6) is 0 Å². The number of amides is 1. The number of piperidine rings is 1. The number of hydrogen-bond donors (Lipinski definition) is 1. The minimum atomic E-state index is 0. The number of aliphatic imine (C=N–C) groups is 1. The van der Waals surface area contributed by atoms with Crippen molar-refractivity contribution in [3.05, 3.63) is 18.7 Å². The SMILES string of the molecule is CCNC(=NCCCN1CCCC1=O)N1CCC(C)C(n2ccnc2)C1.I. The average molecular weight is 488 g/mol. The molecule has 27 heavy (non-hydrogen) atoms.